The molecule has 0 aliphatic carbocycles. The zero-order valence-electron chi connectivity index (χ0n) is 9.12. The summed E-state index contributed by atoms with van der Waals surface area (Å²) in [6, 6.07) is 0.703. The molecule has 2 rings (SSSR count). The molecule has 1 aliphatic rings. The van der Waals surface area contributed by atoms with E-state index in [1.807, 2.05) is 17.9 Å². The number of hydrogen-bond donors (Lipinski definition) is 1. The van der Waals surface area contributed by atoms with Crippen molar-refractivity contribution in [2.45, 2.75) is 19.5 Å². The Morgan fingerprint density at radius 1 is 1.64 bits per heavy atom. The molecule has 0 aromatic carbocycles. The topological polar surface area (TPSA) is 33.1 Å². The average molecular weight is 194 g/mol. The highest BCUT2D eigenvalue weighted by molar-refractivity contribution is 5.15. The first kappa shape index (κ1) is 9.68. The van der Waals surface area contributed by atoms with Crippen molar-refractivity contribution in [2.75, 3.05) is 20.1 Å². The van der Waals surface area contributed by atoms with Gasteiger partial charge in [-0.05, 0) is 14.0 Å². The van der Waals surface area contributed by atoms with Gasteiger partial charge in [0.1, 0.15) is 0 Å². The summed E-state index contributed by atoms with van der Waals surface area (Å²) in [6.45, 7) is 5.37. The molecule has 0 bridgehead atoms. The van der Waals surface area contributed by atoms with Crippen molar-refractivity contribution in [3.8, 4) is 0 Å². The van der Waals surface area contributed by atoms with Gasteiger partial charge >= 0.3 is 0 Å². The molecule has 2 heterocycles. The van der Waals surface area contributed by atoms with Gasteiger partial charge in [0.2, 0.25) is 0 Å². The first-order valence-corrected chi connectivity index (χ1v) is 5.07. The molecule has 0 saturated carbocycles. The Kier molecular flexibility index (Phi) is 2.56. The van der Waals surface area contributed by atoms with Crippen LogP contribution in [0.4, 0.5) is 0 Å². The molecule has 4 nitrogen and oxygen atoms in total. The monoisotopic (exact) mass is 194 g/mol. The van der Waals surface area contributed by atoms with Crippen molar-refractivity contribution < 1.29 is 0 Å². The van der Waals surface area contributed by atoms with Gasteiger partial charge in [0.05, 0.1) is 6.20 Å². The van der Waals surface area contributed by atoms with Gasteiger partial charge < -0.3 is 5.32 Å². The summed E-state index contributed by atoms with van der Waals surface area (Å²) in [5.74, 6) is 0. The van der Waals surface area contributed by atoms with Crippen LogP contribution in [0.3, 0.4) is 0 Å². The smallest absolute Gasteiger partial charge is 0.0537 e. The van der Waals surface area contributed by atoms with Crippen LogP contribution in [0.5, 0.6) is 0 Å². The summed E-state index contributed by atoms with van der Waals surface area (Å²) in [6.07, 6.45) is 1.97. The van der Waals surface area contributed by atoms with E-state index in [9.17, 15) is 0 Å². The molecule has 14 heavy (non-hydrogen) atoms. The van der Waals surface area contributed by atoms with Crippen LogP contribution in [0.1, 0.15) is 11.3 Å². The minimum Gasteiger partial charge on any atom is -0.314 e. The standard InChI is InChI=1S/C10H18N4/c1-8-9(4-12-14(8)3)7-13(2)10-5-11-6-10/h4,10-11H,5-7H2,1-3H3. The molecule has 0 radical (unpaired) electrons. The van der Waals surface area contributed by atoms with Gasteiger partial charge in [-0.1, -0.05) is 0 Å². The molecule has 1 aromatic rings. The summed E-state index contributed by atoms with van der Waals surface area (Å²) in [5, 5.41) is 7.53. The van der Waals surface area contributed by atoms with E-state index in [-0.39, 0.29) is 0 Å². The third-order valence-electron chi connectivity index (χ3n) is 3.14. The molecular formula is C10H18N4. The number of aromatic nitrogens is 2. The number of rotatable bonds is 3. The van der Waals surface area contributed by atoms with Crippen LogP contribution in [0.15, 0.2) is 6.20 Å². The normalized spacial score (nSPS) is 17.4. The van der Waals surface area contributed by atoms with E-state index in [2.05, 4.69) is 29.3 Å². The van der Waals surface area contributed by atoms with Crippen molar-refractivity contribution in [1.29, 1.82) is 0 Å². The van der Waals surface area contributed by atoms with Crippen LogP contribution in [0.25, 0.3) is 0 Å². The number of aryl methyl sites for hydroxylation is 1. The molecule has 4 heteroatoms. The zero-order valence-corrected chi connectivity index (χ0v) is 9.12. The van der Waals surface area contributed by atoms with E-state index in [1.165, 1.54) is 11.3 Å². The van der Waals surface area contributed by atoms with Gasteiger partial charge in [-0.2, -0.15) is 5.10 Å². The summed E-state index contributed by atoms with van der Waals surface area (Å²) in [5.41, 5.74) is 2.60. The first-order valence-electron chi connectivity index (χ1n) is 5.07. The van der Waals surface area contributed by atoms with Crippen LogP contribution in [0, 0.1) is 6.92 Å². The van der Waals surface area contributed by atoms with E-state index < -0.39 is 0 Å². The van der Waals surface area contributed by atoms with E-state index in [0.29, 0.717) is 6.04 Å². The number of nitrogens with one attached hydrogen (secondary N) is 1. The number of likely N-dealkylation sites (N-methyl/N-ethyl adjacent to an activating group) is 1. The second-order valence-corrected chi connectivity index (χ2v) is 4.11. The number of nitrogens with zero attached hydrogens (tertiary/aromatic N) is 3. The molecule has 0 amide bonds. The molecule has 78 valence electrons. The van der Waals surface area contributed by atoms with Crippen LogP contribution in [-0.2, 0) is 13.6 Å². The fourth-order valence-corrected chi connectivity index (χ4v) is 1.68. The Balaban J connectivity index is 1.99. The predicted octanol–water partition coefficient (Wildman–Crippen LogP) is 0.132. The highest BCUT2D eigenvalue weighted by Gasteiger charge is 2.22. The Morgan fingerprint density at radius 2 is 2.36 bits per heavy atom. The molecule has 0 unspecified atom stereocenters. The molecule has 1 aromatic heterocycles. The van der Waals surface area contributed by atoms with Crippen molar-refractivity contribution in [2.24, 2.45) is 7.05 Å². The summed E-state index contributed by atoms with van der Waals surface area (Å²) in [7, 11) is 4.17. The minimum atomic E-state index is 0.703. The average Bonchev–Trinajstić information content (AvgIpc) is 2.33. The van der Waals surface area contributed by atoms with Crippen molar-refractivity contribution in [1.82, 2.24) is 20.0 Å². The maximum atomic E-state index is 4.25. The van der Waals surface area contributed by atoms with Crippen LogP contribution >= 0.6 is 0 Å². The van der Waals surface area contributed by atoms with E-state index in [0.717, 1.165) is 19.6 Å². The lowest BCUT2D eigenvalue weighted by Crippen LogP contribution is -2.55. The van der Waals surface area contributed by atoms with E-state index in [4.69, 9.17) is 0 Å². The Labute approximate surface area is 84.9 Å². The van der Waals surface area contributed by atoms with Crippen LogP contribution in [0.2, 0.25) is 0 Å². The quantitative estimate of drug-likeness (QED) is 0.742. The second kappa shape index (κ2) is 3.71. The molecule has 1 N–H and O–H groups in total. The lowest BCUT2D eigenvalue weighted by atomic mass is 10.1. The van der Waals surface area contributed by atoms with Gasteiger partial charge in [-0.3, -0.25) is 9.58 Å². The Bertz CT molecular complexity index is 314. The summed E-state index contributed by atoms with van der Waals surface area (Å²) < 4.78 is 1.93. The van der Waals surface area contributed by atoms with Gasteiger partial charge in [0.25, 0.3) is 0 Å². The lowest BCUT2D eigenvalue weighted by Gasteiger charge is -2.35. The molecule has 1 aliphatic heterocycles. The lowest BCUT2D eigenvalue weighted by molar-refractivity contribution is 0.173. The number of hydrogen-bond acceptors (Lipinski definition) is 3. The third-order valence-corrected chi connectivity index (χ3v) is 3.14. The van der Waals surface area contributed by atoms with Crippen molar-refractivity contribution in [3.63, 3.8) is 0 Å². The largest absolute Gasteiger partial charge is 0.314 e. The van der Waals surface area contributed by atoms with E-state index >= 15 is 0 Å². The maximum Gasteiger partial charge on any atom is 0.0537 e. The first-order chi connectivity index (χ1) is 6.68. The maximum absolute atomic E-state index is 4.25. The highest BCUT2D eigenvalue weighted by atomic mass is 15.3. The Hall–Kier alpha value is -0.870. The third kappa shape index (κ3) is 1.67. The van der Waals surface area contributed by atoms with Crippen molar-refractivity contribution >= 4 is 0 Å². The van der Waals surface area contributed by atoms with Gasteiger partial charge in [0, 0.05) is 44.0 Å². The molecule has 1 saturated heterocycles. The fourth-order valence-electron chi connectivity index (χ4n) is 1.68. The van der Waals surface area contributed by atoms with Gasteiger partial charge in [-0.15, -0.1) is 0 Å². The summed E-state index contributed by atoms with van der Waals surface area (Å²) >= 11 is 0. The minimum absolute atomic E-state index is 0.703. The highest BCUT2D eigenvalue weighted by Crippen LogP contribution is 2.11. The SMILES string of the molecule is Cc1c(CN(C)C2CNC2)cnn1C. The van der Waals surface area contributed by atoms with E-state index in [1.54, 1.807) is 0 Å². The summed E-state index contributed by atoms with van der Waals surface area (Å²) in [4.78, 5) is 2.39. The van der Waals surface area contributed by atoms with Gasteiger partial charge in [-0.25, -0.2) is 0 Å². The zero-order chi connectivity index (χ0) is 10.1. The molecule has 0 atom stereocenters. The van der Waals surface area contributed by atoms with Gasteiger partial charge in [0.15, 0.2) is 0 Å². The van der Waals surface area contributed by atoms with Crippen LogP contribution < -0.4 is 5.32 Å². The Morgan fingerprint density at radius 3 is 2.79 bits per heavy atom. The van der Waals surface area contributed by atoms with Crippen molar-refractivity contribution in [3.05, 3.63) is 17.5 Å². The molecule has 0 spiro atoms. The molecular weight excluding hydrogens is 176 g/mol. The molecule has 1 fully saturated rings. The second-order valence-electron chi connectivity index (χ2n) is 4.11. The fraction of sp³-hybridized carbons (Fsp3) is 0.700. The predicted molar refractivity (Wildman–Crippen MR) is 56.1 cm³/mol. The van der Waals surface area contributed by atoms with Crippen LogP contribution in [-0.4, -0.2) is 40.9 Å².